The van der Waals surface area contributed by atoms with Gasteiger partial charge < -0.3 is 9.55 Å². The maximum Gasteiger partial charge on any atom is 0.254 e. The van der Waals surface area contributed by atoms with Crippen molar-refractivity contribution in [1.29, 1.82) is 0 Å². The molecule has 33 heavy (non-hydrogen) atoms. The van der Waals surface area contributed by atoms with Gasteiger partial charge in [0, 0.05) is 33.3 Å². The fourth-order valence-corrected chi connectivity index (χ4v) is 6.93. The van der Waals surface area contributed by atoms with Gasteiger partial charge in [0.2, 0.25) is 0 Å². The molecular formula is C27H25N3O2Si. The summed E-state index contributed by atoms with van der Waals surface area (Å²) < 4.78 is 1.61. The number of pyridine rings is 1. The lowest BCUT2D eigenvalue weighted by Gasteiger charge is -2.42. The lowest BCUT2D eigenvalue weighted by molar-refractivity contribution is 0.0747. The van der Waals surface area contributed by atoms with Crippen molar-refractivity contribution in [3.05, 3.63) is 65.9 Å². The second kappa shape index (κ2) is 6.29. The third-order valence-electron chi connectivity index (χ3n) is 7.72. The number of fused-ring (bicyclic) bond motifs is 10. The van der Waals surface area contributed by atoms with Crippen LogP contribution in [0.5, 0.6) is 0 Å². The molecule has 1 aliphatic heterocycles. The predicted octanol–water partition coefficient (Wildman–Crippen LogP) is 6.62. The van der Waals surface area contributed by atoms with Crippen LogP contribution in [0.2, 0.25) is 18.1 Å². The van der Waals surface area contributed by atoms with E-state index in [2.05, 4.69) is 38.8 Å². The second-order valence-electron chi connectivity index (χ2n) is 10.5. The lowest BCUT2D eigenvalue weighted by Crippen LogP contribution is -2.57. The van der Waals surface area contributed by atoms with Crippen LogP contribution in [-0.2, 0) is 0 Å². The molecule has 1 aliphatic rings. The van der Waals surface area contributed by atoms with Crippen LogP contribution in [0.4, 0.5) is 0 Å². The van der Waals surface area contributed by atoms with Gasteiger partial charge >= 0.3 is 0 Å². The Hall–Kier alpha value is -3.51. The summed E-state index contributed by atoms with van der Waals surface area (Å²) in [6.07, 6.45) is 1.85. The van der Waals surface area contributed by atoms with Crippen molar-refractivity contribution in [2.24, 2.45) is 0 Å². The van der Waals surface area contributed by atoms with E-state index in [1.807, 2.05) is 54.7 Å². The number of para-hydroxylation sites is 1. The molecule has 0 aliphatic carbocycles. The average Bonchev–Trinajstić information content (AvgIpc) is 3.28. The number of carbonyl (C=O) groups excluding carboxylic acids is 2. The Bertz CT molecular complexity index is 1670. The number of benzene rings is 3. The number of H-pyrrole nitrogens is 1. The molecule has 5 aromatic rings. The van der Waals surface area contributed by atoms with Crippen molar-refractivity contribution in [1.82, 2.24) is 14.5 Å². The minimum absolute atomic E-state index is 0.171. The Labute approximate surface area is 192 Å². The van der Waals surface area contributed by atoms with Gasteiger partial charge in [0.25, 0.3) is 11.8 Å². The summed E-state index contributed by atoms with van der Waals surface area (Å²) in [5.41, 5.74) is 3.50. The number of hydrogen-bond donors (Lipinski definition) is 1. The molecule has 6 heteroatoms. The van der Waals surface area contributed by atoms with Crippen molar-refractivity contribution in [2.45, 2.75) is 38.9 Å². The van der Waals surface area contributed by atoms with Crippen LogP contribution >= 0.6 is 0 Å². The third-order valence-corrected chi connectivity index (χ3v) is 12.9. The summed E-state index contributed by atoms with van der Waals surface area (Å²) in [5, 5.41) is 4.23. The molecule has 1 N–H and O–H groups in total. The Kier molecular flexibility index (Phi) is 3.84. The normalized spacial score (nSPS) is 14.9. The topological polar surface area (TPSA) is 66.1 Å². The van der Waals surface area contributed by atoms with Crippen LogP contribution in [0, 0.1) is 0 Å². The van der Waals surface area contributed by atoms with Crippen LogP contribution in [-0.4, -0.2) is 34.6 Å². The van der Waals surface area contributed by atoms with E-state index >= 15 is 0 Å². The van der Waals surface area contributed by atoms with E-state index in [9.17, 15) is 9.59 Å². The predicted molar refractivity (Wildman–Crippen MR) is 136 cm³/mol. The number of amides is 2. The molecule has 0 fully saturated rings. The summed E-state index contributed by atoms with van der Waals surface area (Å²) >= 11 is 0. The first kappa shape index (κ1) is 20.1. The van der Waals surface area contributed by atoms with E-state index in [0.717, 1.165) is 43.5 Å². The highest BCUT2D eigenvalue weighted by atomic mass is 28.3. The van der Waals surface area contributed by atoms with Crippen molar-refractivity contribution >= 4 is 63.5 Å². The molecule has 0 spiro atoms. The number of rotatable bonds is 1. The minimum Gasteiger partial charge on any atom is -0.353 e. The number of imide groups is 1. The van der Waals surface area contributed by atoms with Gasteiger partial charge in [-0.2, -0.15) is 0 Å². The summed E-state index contributed by atoms with van der Waals surface area (Å²) in [7, 11) is -2.48. The van der Waals surface area contributed by atoms with Crippen LogP contribution in [0.25, 0.3) is 43.5 Å². The number of aromatic amines is 1. The first-order valence-electron chi connectivity index (χ1n) is 11.3. The minimum atomic E-state index is -2.48. The summed E-state index contributed by atoms with van der Waals surface area (Å²) in [6, 6.07) is 15.9. The molecule has 164 valence electrons. The van der Waals surface area contributed by atoms with Crippen molar-refractivity contribution in [2.75, 3.05) is 0 Å². The van der Waals surface area contributed by atoms with Gasteiger partial charge in [0.1, 0.15) is 0 Å². The molecule has 3 aromatic carbocycles. The highest BCUT2D eigenvalue weighted by Crippen LogP contribution is 2.47. The summed E-state index contributed by atoms with van der Waals surface area (Å²) in [4.78, 5) is 36.6. The first-order valence-corrected chi connectivity index (χ1v) is 14.2. The molecule has 0 saturated heterocycles. The van der Waals surface area contributed by atoms with Gasteiger partial charge in [0.15, 0.2) is 8.24 Å². The van der Waals surface area contributed by atoms with Crippen LogP contribution in [0.15, 0.2) is 54.7 Å². The summed E-state index contributed by atoms with van der Waals surface area (Å²) in [5.74, 6) is -0.358. The van der Waals surface area contributed by atoms with Gasteiger partial charge in [0.05, 0.1) is 22.2 Å². The number of aromatic nitrogens is 2. The molecule has 0 saturated carbocycles. The smallest absolute Gasteiger partial charge is 0.254 e. The van der Waals surface area contributed by atoms with Crippen molar-refractivity contribution < 1.29 is 9.59 Å². The lowest BCUT2D eigenvalue weighted by atomic mass is 9.94. The molecule has 2 amide bonds. The van der Waals surface area contributed by atoms with Gasteiger partial charge in [-0.05, 0) is 16.5 Å². The van der Waals surface area contributed by atoms with E-state index in [4.69, 9.17) is 4.98 Å². The molecule has 0 bridgehead atoms. The number of hydrogen-bond acceptors (Lipinski definition) is 3. The maximum atomic E-state index is 14.2. The quantitative estimate of drug-likeness (QED) is 0.177. The molecule has 0 unspecified atom stereocenters. The number of carbonyl (C=O) groups is 2. The summed E-state index contributed by atoms with van der Waals surface area (Å²) in [6.45, 7) is 10.6. The second-order valence-corrected chi connectivity index (χ2v) is 15.6. The average molecular weight is 452 g/mol. The van der Waals surface area contributed by atoms with Gasteiger partial charge in [-0.25, -0.2) is 0 Å². The Morgan fingerprint density at radius 2 is 1.45 bits per heavy atom. The molecule has 6 rings (SSSR count). The standard InChI is InChI=1S/C27H25N3O2Si/c1-27(2,3)33(4,5)30-25(31)21-19-16-11-7-6-10-15(16)14-28-23(19)24-20(22(21)26(30)32)17-12-8-9-13-18(17)29-24/h6-14,29H,1-5H3. The fourth-order valence-electron chi connectivity index (χ4n) is 5.02. The van der Waals surface area contributed by atoms with Crippen LogP contribution < -0.4 is 0 Å². The van der Waals surface area contributed by atoms with E-state index in [1.165, 1.54) is 0 Å². The Balaban J connectivity index is 1.86. The van der Waals surface area contributed by atoms with E-state index in [-0.39, 0.29) is 16.9 Å². The molecule has 0 atom stereocenters. The third kappa shape index (κ3) is 2.44. The van der Waals surface area contributed by atoms with E-state index < -0.39 is 8.24 Å². The number of nitrogens with zero attached hydrogens (tertiary/aromatic N) is 2. The highest BCUT2D eigenvalue weighted by Gasteiger charge is 2.52. The molecular weight excluding hydrogens is 426 g/mol. The zero-order valence-electron chi connectivity index (χ0n) is 19.4. The molecule has 0 radical (unpaired) electrons. The Morgan fingerprint density at radius 1 is 0.848 bits per heavy atom. The Morgan fingerprint density at radius 3 is 2.15 bits per heavy atom. The van der Waals surface area contributed by atoms with E-state index in [1.54, 1.807) is 4.57 Å². The largest absolute Gasteiger partial charge is 0.353 e. The van der Waals surface area contributed by atoms with Crippen molar-refractivity contribution in [3.63, 3.8) is 0 Å². The van der Waals surface area contributed by atoms with E-state index in [0.29, 0.717) is 11.1 Å². The van der Waals surface area contributed by atoms with Gasteiger partial charge in [-0.1, -0.05) is 76.3 Å². The zero-order chi connectivity index (χ0) is 23.3. The van der Waals surface area contributed by atoms with Gasteiger partial charge in [-0.3, -0.25) is 14.6 Å². The molecule has 2 aromatic heterocycles. The monoisotopic (exact) mass is 451 g/mol. The van der Waals surface area contributed by atoms with Crippen molar-refractivity contribution in [3.8, 4) is 0 Å². The highest BCUT2D eigenvalue weighted by molar-refractivity contribution is 6.83. The number of nitrogens with one attached hydrogen (secondary N) is 1. The van der Waals surface area contributed by atoms with Crippen LogP contribution in [0.1, 0.15) is 41.5 Å². The molecule has 3 heterocycles. The first-order chi connectivity index (χ1) is 15.6. The fraction of sp³-hybridized carbons (Fsp3) is 0.222. The van der Waals surface area contributed by atoms with Crippen LogP contribution in [0.3, 0.4) is 0 Å². The zero-order valence-corrected chi connectivity index (χ0v) is 20.4. The molecule has 5 nitrogen and oxygen atoms in total. The SMILES string of the molecule is CC(C)(C)[Si](C)(C)N1C(=O)c2c(c3c4ccccc4[nH]c3c3ncc4ccccc4c23)C1=O. The maximum absolute atomic E-state index is 14.2. The van der Waals surface area contributed by atoms with Gasteiger partial charge in [-0.15, -0.1) is 0 Å².